The predicted molar refractivity (Wildman–Crippen MR) is 123 cm³/mol. The first-order valence-electron chi connectivity index (χ1n) is 10.3. The lowest BCUT2D eigenvalue weighted by Crippen LogP contribution is -2.43. The van der Waals surface area contributed by atoms with Crippen molar-refractivity contribution < 1.29 is 9.90 Å². The Morgan fingerprint density at radius 3 is 2.48 bits per heavy atom. The average molecular weight is 445 g/mol. The van der Waals surface area contributed by atoms with E-state index in [2.05, 4.69) is 4.99 Å². The van der Waals surface area contributed by atoms with Gasteiger partial charge < -0.3 is 10.0 Å². The fourth-order valence-electron chi connectivity index (χ4n) is 3.60. The number of rotatable bonds is 4. The van der Waals surface area contributed by atoms with Crippen LogP contribution in [0.15, 0.2) is 38.8 Å². The van der Waals surface area contributed by atoms with Gasteiger partial charge in [-0.2, -0.15) is 0 Å². The van der Waals surface area contributed by atoms with Gasteiger partial charge in [-0.25, -0.2) is 9.79 Å². The van der Waals surface area contributed by atoms with E-state index in [0.29, 0.717) is 5.69 Å². The number of piperidine rings is 1. The molecule has 2 aromatic rings. The van der Waals surface area contributed by atoms with Gasteiger partial charge >= 0.3 is 5.69 Å². The van der Waals surface area contributed by atoms with Gasteiger partial charge in [-0.05, 0) is 45.2 Å². The number of aromatic hydroxyl groups is 1. The van der Waals surface area contributed by atoms with Crippen molar-refractivity contribution in [2.45, 2.75) is 39.2 Å². The Hall–Kier alpha value is -2.81. The summed E-state index contributed by atoms with van der Waals surface area (Å²) >= 11 is 1.10. The molecular weight excluding hydrogens is 416 g/mol. The van der Waals surface area contributed by atoms with Crippen molar-refractivity contribution in [2.24, 2.45) is 19.1 Å². The number of hydrogen-bond acceptors (Lipinski definition) is 6. The molecule has 1 saturated heterocycles. The lowest BCUT2D eigenvalue weighted by molar-refractivity contribution is -0.131. The van der Waals surface area contributed by atoms with Crippen molar-refractivity contribution in [3.8, 4) is 5.88 Å². The summed E-state index contributed by atoms with van der Waals surface area (Å²) < 4.78 is 1.92. The summed E-state index contributed by atoms with van der Waals surface area (Å²) in [6, 6.07) is 7.56. The number of thioether (sulfide) groups is 1. The van der Waals surface area contributed by atoms with E-state index >= 15 is 0 Å². The summed E-state index contributed by atoms with van der Waals surface area (Å²) in [6.45, 7) is 4.71. The quantitative estimate of drug-likeness (QED) is 0.577. The van der Waals surface area contributed by atoms with Gasteiger partial charge in [0.15, 0.2) is 0 Å². The molecule has 1 aliphatic rings. The molecule has 1 aliphatic heterocycles. The van der Waals surface area contributed by atoms with E-state index in [9.17, 15) is 19.5 Å². The van der Waals surface area contributed by atoms with E-state index in [1.165, 1.54) is 14.1 Å². The highest BCUT2D eigenvalue weighted by Crippen LogP contribution is 2.25. The number of likely N-dealkylation sites (tertiary alicyclic amines) is 1. The van der Waals surface area contributed by atoms with Crippen molar-refractivity contribution in [1.82, 2.24) is 14.0 Å². The number of aromatic nitrogens is 2. The SMILES string of the molecule is Cc1ccc(N=C(SCC(=O)N2CCCCC2C)c2c(O)n(C)c(=O)n(C)c2=O)cc1. The van der Waals surface area contributed by atoms with Crippen LogP contribution in [0.1, 0.15) is 37.3 Å². The molecule has 1 unspecified atom stereocenters. The van der Waals surface area contributed by atoms with Crippen LogP contribution >= 0.6 is 11.8 Å². The molecule has 9 heteroatoms. The minimum atomic E-state index is -0.655. The predicted octanol–water partition coefficient (Wildman–Crippen LogP) is 2.31. The first-order chi connectivity index (χ1) is 14.7. The summed E-state index contributed by atoms with van der Waals surface area (Å²) in [4.78, 5) is 44.3. The maximum absolute atomic E-state index is 12.8. The Morgan fingerprint density at radius 1 is 1.16 bits per heavy atom. The second-order valence-corrected chi connectivity index (χ2v) is 8.84. The molecule has 1 N–H and O–H groups in total. The number of benzene rings is 1. The molecule has 1 fully saturated rings. The molecule has 3 rings (SSSR count). The van der Waals surface area contributed by atoms with Crippen molar-refractivity contribution in [1.29, 1.82) is 0 Å². The maximum Gasteiger partial charge on any atom is 0.333 e. The minimum Gasteiger partial charge on any atom is -0.494 e. The third kappa shape index (κ3) is 4.92. The summed E-state index contributed by atoms with van der Waals surface area (Å²) in [5, 5.41) is 10.8. The zero-order valence-corrected chi connectivity index (χ0v) is 19.1. The van der Waals surface area contributed by atoms with E-state index in [0.717, 1.165) is 52.3 Å². The van der Waals surface area contributed by atoms with Crippen LogP contribution in [0.4, 0.5) is 5.69 Å². The van der Waals surface area contributed by atoms with Gasteiger partial charge in [-0.3, -0.25) is 18.7 Å². The molecule has 0 bridgehead atoms. The summed E-state index contributed by atoms with van der Waals surface area (Å²) in [5.74, 6) is -0.416. The van der Waals surface area contributed by atoms with Crippen LogP contribution in [-0.2, 0) is 18.9 Å². The molecule has 8 nitrogen and oxygen atoms in total. The summed E-state index contributed by atoms with van der Waals surface area (Å²) in [6.07, 6.45) is 3.07. The molecule has 1 amide bonds. The lowest BCUT2D eigenvalue weighted by atomic mass is 10.0. The van der Waals surface area contributed by atoms with Crippen LogP contribution in [0.3, 0.4) is 0 Å². The van der Waals surface area contributed by atoms with Crippen LogP contribution in [0.2, 0.25) is 0 Å². The number of nitrogens with zero attached hydrogens (tertiary/aromatic N) is 4. The van der Waals surface area contributed by atoms with E-state index in [-0.39, 0.29) is 28.3 Å². The Bertz CT molecular complexity index is 1120. The van der Waals surface area contributed by atoms with Crippen LogP contribution < -0.4 is 11.2 Å². The number of amides is 1. The van der Waals surface area contributed by atoms with Gasteiger partial charge in [-0.15, -0.1) is 0 Å². The fraction of sp³-hybridized carbons (Fsp3) is 0.455. The zero-order valence-electron chi connectivity index (χ0n) is 18.3. The van der Waals surface area contributed by atoms with Crippen LogP contribution in [-0.4, -0.2) is 48.4 Å². The molecule has 31 heavy (non-hydrogen) atoms. The maximum atomic E-state index is 12.8. The highest BCUT2D eigenvalue weighted by atomic mass is 32.2. The molecule has 1 aromatic carbocycles. The number of carbonyl (C=O) groups excluding carboxylic acids is 1. The largest absolute Gasteiger partial charge is 0.494 e. The van der Waals surface area contributed by atoms with Gasteiger partial charge in [0.25, 0.3) is 5.56 Å². The van der Waals surface area contributed by atoms with Crippen molar-refractivity contribution in [3.63, 3.8) is 0 Å². The van der Waals surface area contributed by atoms with Gasteiger partial charge in [-0.1, -0.05) is 29.5 Å². The summed E-state index contributed by atoms with van der Waals surface area (Å²) in [5.41, 5.74) is 0.266. The molecule has 166 valence electrons. The molecule has 0 spiro atoms. The van der Waals surface area contributed by atoms with E-state index in [4.69, 9.17) is 0 Å². The van der Waals surface area contributed by atoms with Gasteiger partial charge in [0.1, 0.15) is 10.6 Å². The molecule has 2 heterocycles. The van der Waals surface area contributed by atoms with E-state index in [1.807, 2.05) is 30.9 Å². The number of carbonyl (C=O) groups is 1. The Balaban J connectivity index is 2.01. The average Bonchev–Trinajstić information content (AvgIpc) is 2.76. The molecule has 0 aliphatic carbocycles. The summed E-state index contributed by atoms with van der Waals surface area (Å²) in [7, 11) is 2.73. The molecule has 1 aromatic heterocycles. The van der Waals surface area contributed by atoms with Crippen molar-refractivity contribution in [2.75, 3.05) is 12.3 Å². The third-order valence-electron chi connectivity index (χ3n) is 5.57. The Labute approximate surface area is 185 Å². The van der Waals surface area contributed by atoms with Crippen molar-refractivity contribution >= 4 is 28.4 Å². The highest BCUT2D eigenvalue weighted by Gasteiger charge is 2.26. The standard InChI is InChI=1S/C22H28N4O4S/c1-14-8-10-16(11-9-14)23-19(18-20(28)24(3)22(30)25(4)21(18)29)31-13-17(27)26-12-6-5-7-15(26)2/h8-11,15,28H,5-7,12-13H2,1-4H3. The van der Waals surface area contributed by atoms with Gasteiger partial charge in [0.05, 0.1) is 11.4 Å². The molecule has 1 atom stereocenters. The lowest BCUT2D eigenvalue weighted by Gasteiger charge is -2.33. The second kappa shape index (κ2) is 9.55. The Kier molecular flexibility index (Phi) is 7.04. The first kappa shape index (κ1) is 22.9. The molecular formula is C22H28N4O4S. The van der Waals surface area contributed by atoms with Crippen LogP contribution in [0, 0.1) is 6.92 Å². The van der Waals surface area contributed by atoms with E-state index in [1.54, 1.807) is 12.1 Å². The topological polar surface area (TPSA) is 96.9 Å². The van der Waals surface area contributed by atoms with Crippen LogP contribution in [0.25, 0.3) is 0 Å². The van der Waals surface area contributed by atoms with Gasteiger partial charge in [0, 0.05) is 26.7 Å². The zero-order chi connectivity index (χ0) is 22.7. The molecule has 0 saturated carbocycles. The first-order valence-corrected chi connectivity index (χ1v) is 11.3. The Morgan fingerprint density at radius 2 is 1.84 bits per heavy atom. The van der Waals surface area contributed by atoms with E-state index < -0.39 is 17.1 Å². The smallest absolute Gasteiger partial charge is 0.333 e. The number of aryl methyl sites for hydroxylation is 1. The number of aliphatic imine (C=N–C) groups is 1. The minimum absolute atomic E-state index is 0.0325. The third-order valence-corrected chi connectivity index (χ3v) is 6.53. The fourth-order valence-corrected chi connectivity index (χ4v) is 4.52. The molecule has 0 radical (unpaired) electrons. The van der Waals surface area contributed by atoms with Gasteiger partial charge in [0.2, 0.25) is 11.8 Å². The van der Waals surface area contributed by atoms with Crippen LogP contribution in [0.5, 0.6) is 5.88 Å². The second-order valence-electron chi connectivity index (χ2n) is 7.88. The highest BCUT2D eigenvalue weighted by molar-refractivity contribution is 8.15. The van der Waals surface area contributed by atoms with Crippen molar-refractivity contribution in [3.05, 3.63) is 56.2 Å². The monoisotopic (exact) mass is 444 g/mol. The number of hydrogen-bond donors (Lipinski definition) is 1. The normalized spacial score (nSPS) is 17.1.